The summed E-state index contributed by atoms with van der Waals surface area (Å²) in [4.78, 5) is 18.9. The smallest absolute Gasteiger partial charge is 0.256 e. The van der Waals surface area contributed by atoms with Gasteiger partial charge in [0.1, 0.15) is 5.82 Å². The van der Waals surface area contributed by atoms with Gasteiger partial charge in [-0.1, -0.05) is 18.2 Å². The molecule has 2 aromatic heterocycles. The van der Waals surface area contributed by atoms with Gasteiger partial charge in [0.25, 0.3) is 5.91 Å². The maximum absolute atomic E-state index is 13.9. The van der Waals surface area contributed by atoms with E-state index in [0.29, 0.717) is 19.0 Å². The molecule has 0 bridgehead atoms. The maximum Gasteiger partial charge on any atom is 0.256 e. The Kier molecular flexibility index (Phi) is 4.78. The summed E-state index contributed by atoms with van der Waals surface area (Å²) >= 11 is 0. The molecule has 0 saturated carbocycles. The van der Waals surface area contributed by atoms with E-state index in [1.54, 1.807) is 29.3 Å². The van der Waals surface area contributed by atoms with Gasteiger partial charge in [0, 0.05) is 31.4 Å². The SMILES string of the molecule is O=C(c1ccccc1F)N1CCC(Cn2cnc3cc(-c4cn[nH]c4)ccc32)CC1. The summed E-state index contributed by atoms with van der Waals surface area (Å²) in [5.41, 5.74) is 4.35. The van der Waals surface area contributed by atoms with Crippen LogP contribution in [0.15, 0.2) is 61.2 Å². The Morgan fingerprint density at radius 1 is 1.13 bits per heavy atom. The van der Waals surface area contributed by atoms with Gasteiger partial charge in [0.2, 0.25) is 0 Å². The first kappa shape index (κ1) is 18.5. The lowest BCUT2D eigenvalue weighted by Crippen LogP contribution is -2.39. The van der Waals surface area contributed by atoms with Gasteiger partial charge in [-0.25, -0.2) is 9.37 Å². The molecule has 6 nitrogen and oxygen atoms in total. The predicted octanol–water partition coefficient (Wildman–Crippen LogP) is 4.12. The Balaban J connectivity index is 1.25. The van der Waals surface area contributed by atoms with E-state index in [4.69, 9.17) is 0 Å². The van der Waals surface area contributed by atoms with Crippen LogP contribution >= 0.6 is 0 Å². The molecule has 0 unspecified atom stereocenters. The van der Waals surface area contributed by atoms with Gasteiger partial charge in [-0.15, -0.1) is 0 Å². The van der Waals surface area contributed by atoms with E-state index in [0.717, 1.165) is 41.5 Å². The summed E-state index contributed by atoms with van der Waals surface area (Å²) in [6.07, 6.45) is 7.35. The first-order valence-electron chi connectivity index (χ1n) is 10.2. The number of fused-ring (bicyclic) bond motifs is 1. The average molecular weight is 403 g/mol. The van der Waals surface area contributed by atoms with E-state index in [2.05, 4.69) is 37.9 Å². The van der Waals surface area contributed by atoms with Crippen LogP contribution in [-0.4, -0.2) is 43.6 Å². The normalized spacial score (nSPS) is 15.0. The van der Waals surface area contributed by atoms with Gasteiger partial charge in [-0.05, 0) is 48.6 Å². The first-order chi connectivity index (χ1) is 14.7. The molecule has 1 amide bonds. The number of nitrogens with zero attached hydrogens (tertiary/aromatic N) is 4. The molecule has 4 aromatic rings. The van der Waals surface area contributed by atoms with Crippen molar-refractivity contribution in [2.24, 2.45) is 5.92 Å². The fourth-order valence-electron chi connectivity index (χ4n) is 4.20. The number of piperidine rings is 1. The van der Waals surface area contributed by atoms with E-state index < -0.39 is 5.82 Å². The highest BCUT2D eigenvalue weighted by Gasteiger charge is 2.25. The average Bonchev–Trinajstić information content (AvgIpc) is 3.44. The summed E-state index contributed by atoms with van der Waals surface area (Å²) in [7, 11) is 0. The Labute approximate surface area is 173 Å². The second kappa shape index (κ2) is 7.74. The van der Waals surface area contributed by atoms with E-state index in [9.17, 15) is 9.18 Å². The second-order valence-electron chi connectivity index (χ2n) is 7.80. The summed E-state index contributed by atoms with van der Waals surface area (Å²) in [6, 6.07) is 12.5. The molecule has 152 valence electrons. The number of imidazole rings is 1. The van der Waals surface area contributed by atoms with Gasteiger partial charge < -0.3 is 9.47 Å². The highest BCUT2D eigenvalue weighted by molar-refractivity contribution is 5.94. The van der Waals surface area contributed by atoms with Crippen molar-refractivity contribution in [3.63, 3.8) is 0 Å². The lowest BCUT2D eigenvalue weighted by Gasteiger charge is -2.32. The van der Waals surface area contributed by atoms with Crippen molar-refractivity contribution in [3.8, 4) is 11.1 Å². The molecule has 1 N–H and O–H groups in total. The van der Waals surface area contributed by atoms with Crippen LogP contribution in [0.3, 0.4) is 0 Å². The number of benzene rings is 2. The van der Waals surface area contributed by atoms with E-state index >= 15 is 0 Å². The molecule has 1 fully saturated rings. The highest BCUT2D eigenvalue weighted by atomic mass is 19.1. The number of hydrogen-bond donors (Lipinski definition) is 1. The highest BCUT2D eigenvalue weighted by Crippen LogP contribution is 2.26. The molecule has 1 aliphatic heterocycles. The summed E-state index contributed by atoms with van der Waals surface area (Å²) < 4.78 is 16.1. The number of rotatable bonds is 4. The number of carbonyl (C=O) groups is 1. The molecule has 1 aliphatic rings. The predicted molar refractivity (Wildman–Crippen MR) is 112 cm³/mol. The molecule has 30 heavy (non-hydrogen) atoms. The third kappa shape index (κ3) is 3.47. The zero-order chi connectivity index (χ0) is 20.5. The van der Waals surface area contributed by atoms with E-state index in [1.165, 1.54) is 6.07 Å². The molecular formula is C23H22FN5O. The monoisotopic (exact) mass is 403 g/mol. The minimum Gasteiger partial charge on any atom is -0.339 e. The standard InChI is InChI=1S/C23H22FN5O/c24-20-4-2-1-3-19(20)23(30)28-9-7-16(8-10-28)14-29-15-25-21-11-17(5-6-22(21)29)18-12-26-27-13-18/h1-6,11-13,15-16H,7-10,14H2,(H,26,27). The van der Waals surface area contributed by atoms with Crippen molar-refractivity contribution in [1.82, 2.24) is 24.6 Å². The fraction of sp³-hybridized carbons (Fsp3) is 0.261. The number of nitrogens with one attached hydrogen (secondary N) is 1. The minimum atomic E-state index is -0.454. The maximum atomic E-state index is 13.9. The van der Waals surface area contributed by atoms with Crippen molar-refractivity contribution >= 4 is 16.9 Å². The Morgan fingerprint density at radius 2 is 1.97 bits per heavy atom. The molecule has 5 rings (SSSR count). The van der Waals surface area contributed by atoms with Gasteiger partial charge in [0.05, 0.1) is 29.1 Å². The van der Waals surface area contributed by atoms with Crippen molar-refractivity contribution in [2.75, 3.05) is 13.1 Å². The Morgan fingerprint density at radius 3 is 2.73 bits per heavy atom. The van der Waals surface area contributed by atoms with Crippen LogP contribution in [0.5, 0.6) is 0 Å². The third-order valence-corrected chi connectivity index (χ3v) is 5.91. The number of halogens is 1. The van der Waals surface area contributed by atoms with Crippen LogP contribution in [0.1, 0.15) is 23.2 Å². The number of likely N-dealkylation sites (tertiary alicyclic amines) is 1. The van der Waals surface area contributed by atoms with Crippen LogP contribution in [0.25, 0.3) is 22.2 Å². The van der Waals surface area contributed by atoms with Crippen molar-refractivity contribution in [3.05, 3.63) is 72.6 Å². The molecular weight excluding hydrogens is 381 g/mol. The number of hydrogen-bond acceptors (Lipinski definition) is 3. The number of carbonyl (C=O) groups excluding carboxylic acids is 1. The second-order valence-corrected chi connectivity index (χ2v) is 7.80. The quantitative estimate of drug-likeness (QED) is 0.557. The Bertz CT molecular complexity index is 1180. The zero-order valence-electron chi connectivity index (χ0n) is 16.5. The van der Waals surface area contributed by atoms with Gasteiger partial charge in [-0.3, -0.25) is 9.89 Å². The molecule has 0 radical (unpaired) electrons. The van der Waals surface area contributed by atoms with Crippen LogP contribution in [-0.2, 0) is 6.54 Å². The van der Waals surface area contributed by atoms with Gasteiger partial charge in [0.15, 0.2) is 0 Å². The van der Waals surface area contributed by atoms with Crippen LogP contribution in [0.2, 0.25) is 0 Å². The molecule has 3 heterocycles. The number of amides is 1. The number of aromatic nitrogens is 4. The lowest BCUT2D eigenvalue weighted by molar-refractivity contribution is 0.0678. The summed E-state index contributed by atoms with van der Waals surface area (Å²) in [5, 5.41) is 6.84. The van der Waals surface area contributed by atoms with E-state index in [1.807, 2.05) is 12.5 Å². The van der Waals surface area contributed by atoms with Crippen molar-refractivity contribution in [2.45, 2.75) is 19.4 Å². The van der Waals surface area contributed by atoms with Crippen LogP contribution in [0.4, 0.5) is 4.39 Å². The first-order valence-corrected chi connectivity index (χ1v) is 10.2. The minimum absolute atomic E-state index is 0.157. The topological polar surface area (TPSA) is 66.8 Å². The molecule has 0 atom stereocenters. The molecule has 7 heteroatoms. The summed E-state index contributed by atoms with van der Waals surface area (Å²) in [6.45, 7) is 2.16. The number of aromatic amines is 1. The Hall–Kier alpha value is -3.48. The van der Waals surface area contributed by atoms with Gasteiger partial charge in [-0.2, -0.15) is 5.10 Å². The van der Waals surface area contributed by atoms with Crippen molar-refractivity contribution < 1.29 is 9.18 Å². The van der Waals surface area contributed by atoms with Crippen LogP contribution in [0, 0.1) is 11.7 Å². The molecule has 2 aromatic carbocycles. The van der Waals surface area contributed by atoms with E-state index in [-0.39, 0.29) is 11.5 Å². The summed E-state index contributed by atoms with van der Waals surface area (Å²) in [5.74, 6) is -0.212. The fourth-order valence-corrected chi connectivity index (χ4v) is 4.20. The zero-order valence-corrected chi connectivity index (χ0v) is 16.5. The molecule has 0 aliphatic carbocycles. The largest absolute Gasteiger partial charge is 0.339 e. The van der Waals surface area contributed by atoms with Crippen molar-refractivity contribution in [1.29, 1.82) is 0 Å². The molecule has 0 spiro atoms. The van der Waals surface area contributed by atoms with Gasteiger partial charge >= 0.3 is 0 Å². The number of H-pyrrole nitrogens is 1. The van der Waals surface area contributed by atoms with Crippen LogP contribution < -0.4 is 0 Å². The third-order valence-electron chi connectivity index (χ3n) is 5.91. The lowest BCUT2D eigenvalue weighted by atomic mass is 9.96. The molecule has 1 saturated heterocycles.